The summed E-state index contributed by atoms with van der Waals surface area (Å²) in [6, 6.07) is 17.9. The molecule has 0 atom stereocenters. The highest BCUT2D eigenvalue weighted by Gasteiger charge is 1.97. The molecule has 18 heavy (non-hydrogen) atoms. The zero-order valence-electron chi connectivity index (χ0n) is 9.87. The van der Waals surface area contributed by atoms with Gasteiger partial charge in [0.05, 0.1) is 0 Å². The van der Waals surface area contributed by atoms with Gasteiger partial charge in [-0.25, -0.2) is 0 Å². The fourth-order valence-electron chi connectivity index (χ4n) is 1.54. The molecule has 0 saturated carbocycles. The highest BCUT2D eigenvalue weighted by Crippen LogP contribution is 2.17. The van der Waals surface area contributed by atoms with Crippen molar-refractivity contribution in [3.05, 3.63) is 65.7 Å². The Balaban J connectivity index is 1.89. The zero-order chi connectivity index (χ0) is 12.6. The van der Waals surface area contributed by atoms with E-state index in [2.05, 4.69) is 5.40 Å². The van der Waals surface area contributed by atoms with Crippen molar-refractivity contribution >= 4 is 11.8 Å². The molecule has 0 amide bonds. The fourth-order valence-corrected chi connectivity index (χ4v) is 1.96. The molecule has 2 aromatic carbocycles. The number of hydrogen-bond acceptors (Lipinski definition) is 3. The SMILES string of the molecule is N#CSCc1ccc(OCc2ccccc2)cc1. The summed E-state index contributed by atoms with van der Waals surface area (Å²) in [6.07, 6.45) is 0. The molecular formula is C15H13NOS. The van der Waals surface area contributed by atoms with Gasteiger partial charge in [-0.15, -0.1) is 0 Å². The molecule has 2 aromatic rings. The number of ether oxygens (including phenoxy) is 1. The molecule has 0 aliphatic carbocycles. The van der Waals surface area contributed by atoms with Crippen LogP contribution in [0.1, 0.15) is 11.1 Å². The summed E-state index contributed by atoms with van der Waals surface area (Å²) in [5, 5.41) is 10.5. The van der Waals surface area contributed by atoms with Gasteiger partial charge >= 0.3 is 0 Å². The van der Waals surface area contributed by atoms with E-state index in [0.29, 0.717) is 6.61 Å². The lowest BCUT2D eigenvalue weighted by Gasteiger charge is -2.06. The molecule has 0 unspecified atom stereocenters. The first-order chi connectivity index (χ1) is 8.88. The minimum absolute atomic E-state index is 0.577. The van der Waals surface area contributed by atoms with Crippen molar-refractivity contribution in [1.29, 1.82) is 5.26 Å². The molecule has 90 valence electrons. The molecule has 2 rings (SSSR count). The van der Waals surface area contributed by atoms with Crippen molar-refractivity contribution in [3.63, 3.8) is 0 Å². The van der Waals surface area contributed by atoms with E-state index in [4.69, 9.17) is 10.00 Å². The fraction of sp³-hybridized carbons (Fsp3) is 0.133. The van der Waals surface area contributed by atoms with E-state index in [1.54, 1.807) is 0 Å². The second-order valence-electron chi connectivity index (χ2n) is 3.80. The van der Waals surface area contributed by atoms with Gasteiger partial charge in [-0.3, -0.25) is 0 Å². The van der Waals surface area contributed by atoms with E-state index in [0.717, 1.165) is 22.6 Å². The number of rotatable bonds is 5. The van der Waals surface area contributed by atoms with Crippen LogP contribution in [0.5, 0.6) is 5.75 Å². The molecule has 0 bridgehead atoms. The first-order valence-electron chi connectivity index (χ1n) is 5.65. The Kier molecular flexibility index (Phi) is 4.68. The molecule has 0 fully saturated rings. The normalized spacial score (nSPS) is 9.72. The zero-order valence-corrected chi connectivity index (χ0v) is 10.7. The second-order valence-corrected chi connectivity index (χ2v) is 4.56. The third kappa shape index (κ3) is 3.83. The van der Waals surface area contributed by atoms with Crippen LogP contribution in [0.2, 0.25) is 0 Å². The number of benzene rings is 2. The van der Waals surface area contributed by atoms with E-state index < -0.39 is 0 Å². The van der Waals surface area contributed by atoms with Crippen molar-refractivity contribution in [3.8, 4) is 11.2 Å². The third-order valence-electron chi connectivity index (χ3n) is 2.48. The Labute approximate surface area is 111 Å². The summed E-state index contributed by atoms with van der Waals surface area (Å²) in [6.45, 7) is 0.577. The van der Waals surface area contributed by atoms with Gasteiger partial charge in [-0.1, -0.05) is 42.5 Å². The standard InChI is InChI=1S/C15H13NOS/c16-12-18-11-14-6-8-15(9-7-14)17-10-13-4-2-1-3-5-13/h1-9H,10-11H2. The van der Waals surface area contributed by atoms with Gasteiger partial charge in [0, 0.05) is 5.75 Å². The maximum atomic E-state index is 8.48. The van der Waals surface area contributed by atoms with Crippen LogP contribution in [-0.2, 0) is 12.4 Å². The quantitative estimate of drug-likeness (QED) is 0.758. The smallest absolute Gasteiger partial charge is 0.133 e. The molecule has 0 N–H and O–H groups in total. The molecule has 0 aromatic heterocycles. The van der Waals surface area contributed by atoms with Crippen LogP contribution < -0.4 is 4.74 Å². The van der Waals surface area contributed by atoms with Crippen LogP contribution in [0.25, 0.3) is 0 Å². The first kappa shape index (κ1) is 12.5. The number of nitriles is 1. The van der Waals surface area contributed by atoms with Crippen molar-refractivity contribution in [2.45, 2.75) is 12.4 Å². The summed E-state index contributed by atoms with van der Waals surface area (Å²) in [4.78, 5) is 0. The molecule has 0 saturated heterocycles. The van der Waals surface area contributed by atoms with Gasteiger partial charge in [-0.2, -0.15) is 5.26 Å². The lowest BCUT2D eigenvalue weighted by Crippen LogP contribution is -1.94. The molecule has 0 radical (unpaired) electrons. The summed E-state index contributed by atoms with van der Waals surface area (Å²) in [5.41, 5.74) is 2.29. The summed E-state index contributed by atoms with van der Waals surface area (Å²) in [7, 11) is 0. The molecular weight excluding hydrogens is 242 g/mol. The van der Waals surface area contributed by atoms with Gasteiger partial charge in [0.2, 0.25) is 0 Å². The van der Waals surface area contributed by atoms with E-state index in [1.807, 2.05) is 54.6 Å². The predicted molar refractivity (Wildman–Crippen MR) is 74.1 cm³/mol. The maximum Gasteiger partial charge on any atom is 0.133 e. The van der Waals surface area contributed by atoms with Crippen LogP contribution in [-0.4, -0.2) is 0 Å². The Morgan fingerprint density at radius 2 is 1.67 bits per heavy atom. The highest BCUT2D eigenvalue weighted by molar-refractivity contribution is 8.02. The number of hydrogen-bond donors (Lipinski definition) is 0. The maximum absolute atomic E-state index is 8.48. The molecule has 0 aliphatic heterocycles. The average Bonchev–Trinajstić information content (AvgIpc) is 2.45. The van der Waals surface area contributed by atoms with Crippen LogP contribution in [0.4, 0.5) is 0 Å². The molecule has 3 heteroatoms. The second kappa shape index (κ2) is 6.73. The number of thiocyanates is 1. The Morgan fingerprint density at radius 3 is 2.33 bits per heavy atom. The summed E-state index contributed by atoms with van der Waals surface area (Å²) in [5.74, 6) is 1.57. The topological polar surface area (TPSA) is 33.0 Å². The predicted octanol–water partition coefficient (Wildman–Crippen LogP) is 3.98. The van der Waals surface area contributed by atoms with Crippen LogP contribution >= 0.6 is 11.8 Å². The largest absolute Gasteiger partial charge is 0.489 e. The molecule has 0 spiro atoms. The number of thioether (sulfide) groups is 1. The Hall–Kier alpha value is -1.92. The van der Waals surface area contributed by atoms with E-state index >= 15 is 0 Å². The summed E-state index contributed by atoms with van der Waals surface area (Å²) >= 11 is 1.24. The molecule has 0 aliphatic rings. The lowest BCUT2D eigenvalue weighted by molar-refractivity contribution is 0.306. The van der Waals surface area contributed by atoms with Crippen molar-refractivity contribution in [1.82, 2.24) is 0 Å². The lowest BCUT2D eigenvalue weighted by atomic mass is 10.2. The van der Waals surface area contributed by atoms with Crippen LogP contribution in [0.3, 0.4) is 0 Å². The minimum Gasteiger partial charge on any atom is -0.489 e. The van der Waals surface area contributed by atoms with Gasteiger partial charge in [-0.05, 0) is 35.0 Å². The van der Waals surface area contributed by atoms with Crippen molar-refractivity contribution in [2.24, 2.45) is 0 Å². The van der Waals surface area contributed by atoms with Crippen molar-refractivity contribution < 1.29 is 4.74 Å². The van der Waals surface area contributed by atoms with E-state index in [1.165, 1.54) is 11.8 Å². The van der Waals surface area contributed by atoms with E-state index in [9.17, 15) is 0 Å². The third-order valence-corrected chi connectivity index (χ3v) is 3.08. The minimum atomic E-state index is 0.577. The van der Waals surface area contributed by atoms with Gasteiger partial charge in [0.1, 0.15) is 17.8 Å². The summed E-state index contributed by atoms with van der Waals surface area (Å²) < 4.78 is 5.68. The Morgan fingerprint density at radius 1 is 0.944 bits per heavy atom. The van der Waals surface area contributed by atoms with E-state index in [-0.39, 0.29) is 0 Å². The monoisotopic (exact) mass is 255 g/mol. The molecule has 2 nitrogen and oxygen atoms in total. The highest BCUT2D eigenvalue weighted by atomic mass is 32.2. The van der Waals surface area contributed by atoms with Gasteiger partial charge in [0.15, 0.2) is 0 Å². The van der Waals surface area contributed by atoms with Crippen LogP contribution in [0, 0.1) is 10.7 Å². The number of nitrogens with zero attached hydrogens (tertiary/aromatic N) is 1. The van der Waals surface area contributed by atoms with Crippen molar-refractivity contribution in [2.75, 3.05) is 0 Å². The Bertz CT molecular complexity index is 516. The van der Waals surface area contributed by atoms with Crippen LogP contribution in [0.15, 0.2) is 54.6 Å². The average molecular weight is 255 g/mol. The van der Waals surface area contributed by atoms with Gasteiger partial charge < -0.3 is 4.74 Å². The molecule has 0 heterocycles. The van der Waals surface area contributed by atoms with Gasteiger partial charge in [0.25, 0.3) is 0 Å². The first-order valence-corrected chi connectivity index (χ1v) is 6.63.